The molecule has 0 bridgehead atoms. The molecule has 1 aromatic heterocycles. The standard InChI is InChI=1S/C30H27Br2N/c1-2-3-4-5-8-21-11-15-24(16-12-21)33-29-10-7-6-9-25(29)26-17-13-22(19-30(26)33)27-20-23(31)14-18-28(27)32/h6-7,9-20H,2-5,8H2,1H3. The van der Waals surface area contributed by atoms with Crippen LogP contribution >= 0.6 is 31.9 Å². The van der Waals surface area contributed by atoms with Gasteiger partial charge >= 0.3 is 0 Å². The van der Waals surface area contributed by atoms with E-state index >= 15 is 0 Å². The van der Waals surface area contributed by atoms with Crippen molar-refractivity contribution in [1.29, 1.82) is 0 Å². The van der Waals surface area contributed by atoms with Gasteiger partial charge in [0.1, 0.15) is 0 Å². The molecule has 0 atom stereocenters. The van der Waals surface area contributed by atoms with Crippen molar-refractivity contribution < 1.29 is 0 Å². The molecule has 5 aromatic rings. The fraction of sp³-hybridized carbons (Fsp3) is 0.200. The highest BCUT2D eigenvalue weighted by Gasteiger charge is 2.14. The Balaban J connectivity index is 1.62. The summed E-state index contributed by atoms with van der Waals surface area (Å²) in [5.74, 6) is 0. The van der Waals surface area contributed by atoms with E-state index in [0.29, 0.717) is 0 Å². The van der Waals surface area contributed by atoms with Crippen molar-refractivity contribution in [2.75, 3.05) is 0 Å². The first-order valence-electron chi connectivity index (χ1n) is 11.7. The highest BCUT2D eigenvalue weighted by atomic mass is 79.9. The van der Waals surface area contributed by atoms with Crippen molar-refractivity contribution in [2.45, 2.75) is 39.0 Å². The lowest BCUT2D eigenvalue weighted by Crippen LogP contribution is -1.95. The first kappa shape index (κ1) is 22.4. The van der Waals surface area contributed by atoms with Crippen LogP contribution in [0.1, 0.15) is 38.2 Å². The monoisotopic (exact) mass is 559 g/mol. The Morgan fingerprint density at radius 1 is 0.697 bits per heavy atom. The Kier molecular flexibility index (Phi) is 6.71. The van der Waals surface area contributed by atoms with Gasteiger partial charge in [0.15, 0.2) is 0 Å². The molecule has 0 N–H and O–H groups in total. The maximum Gasteiger partial charge on any atom is 0.0547 e. The molecule has 0 fully saturated rings. The highest BCUT2D eigenvalue weighted by Crippen LogP contribution is 2.37. The Morgan fingerprint density at radius 3 is 2.30 bits per heavy atom. The van der Waals surface area contributed by atoms with Crippen molar-refractivity contribution in [1.82, 2.24) is 4.57 Å². The molecule has 0 spiro atoms. The zero-order chi connectivity index (χ0) is 22.8. The smallest absolute Gasteiger partial charge is 0.0547 e. The van der Waals surface area contributed by atoms with Gasteiger partial charge in [0.25, 0.3) is 0 Å². The fourth-order valence-corrected chi connectivity index (χ4v) is 5.54. The van der Waals surface area contributed by atoms with Crippen molar-refractivity contribution >= 4 is 53.7 Å². The third kappa shape index (κ3) is 4.54. The van der Waals surface area contributed by atoms with Gasteiger partial charge in [-0.1, -0.05) is 101 Å². The van der Waals surface area contributed by atoms with Crippen molar-refractivity contribution in [3.8, 4) is 16.8 Å². The van der Waals surface area contributed by atoms with E-state index in [1.165, 1.54) is 69.9 Å². The molecule has 166 valence electrons. The van der Waals surface area contributed by atoms with E-state index in [9.17, 15) is 0 Å². The Bertz CT molecular complexity index is 1410. The minimum atomic E-state index is 1.08. The molecule has 0 amide bonds. The molecule has 0 radical (unpaired) electrons. The van der Waals surface area contributed by atoms with Gasteiger partial charge in [-0.2, -0.15) is 0 Å². The molecular formula is C30H27Br2N. The summed E-state index contributed by atoms with van der Waals surface area (Å²) in [7, 11) is 0. The average molecular weight is 561 g/mol. The first-order chi connectivity index (χ1) is 16.2. The highest BCUT2D eigenvalue weighted by molar-refractivity contribution is 9.11. The van der Waals surface area contributed by atoms with E-state index in [1.54, 1.807) is 0 Å². The number of halogens is 2. The summed E-state index contributed by atoms with van der Waals surface area (Å²) in [4.78, 5) is 0. The molecule has 1 heterocycles. The molecule has 0 aliphatic heterocycles. The summed E-state index contributed by atoms with van der Waals surface area (Å²) in [6.07, 6.45) is 6.36. The van der Waals surface area contributed by atoms with Gasteiger partial charge in [0.05, 0.1) is 11.0 Å². The quantitative estimate of drug-likeness (QED) is 0.174. The van der Waals surface area contributed by atoms with E-state index in [-0.39, 0.29) is 0 Å². The molecule has 0 saturated carbocycles. The van der Waals surface area contributed by atoms with Gasteiger partial charge in [-0.05, 0) is 72.0 Å². The van der Waals surface area contributed by atoms with Gasteiger partial charge < -0.3 is 4.57 Å². The summed E-state index contributed by atoms with van der Waals surface area (Å²) in [6.45, 7) is 2.27. The van der Waals surface area contributed by atoms with Crippen LogP contribution in [0.2, 0.25) is 0 Å². The number of para-hydroxylation sites is 1. The van der Waals surface area contributed by atoms with Crippen LogP contribution in [0.3, 0.4) is 0 Å². The summed E-state index contributed by atoms with van der Waals surface area (Å²) >= 11 is 7.37. The third-order valence-corrected chi connectivity index (χ3v) is 7.61. The molecule has 0 aliphatic rings. The van der Waals surface area contributed by atoms with Gasteiger partial charge in [-0.25, -0.2) is 0 Å². The number of aromatic nitrogens is 1. The van der Waals surface area contributed by atoms with E-state index in [1.807, 2.05) is 0 Å². The summed E-state index contributed by atoms with van der Waals surface area (Å²) in [5, 5.41) is 2.57. The van der Waals surface area contributed by atoms with Crippen LogP contribution in [0, 0.1) is 0 Å². The summed E-state index contributed by atoms with van der Waals surface area (Å²) in [5.41, 5.74) is 7.50. The summed E-state index contributed by atoms with van der Waals surface area (Å²) < 4.78 is 4.58. The number of aryl methyl sites for hydroxylation is 1. The molecule has 0 unspecified atom stereocenters. The van der Waals surface area contributed by atoms with Crippen molar-refractivity contribution in [3.63, 3.8) is 0 Å². The number of hydrogen-bond donors (Lipinski definition) is 0. The molecule has 1 nitrogen and oxygen atoms in total. The second-order valence-corrected chi connectivity index (χ2v) is 10.5. The zero-order valence-corrected chi connectivity index (χ0v) is 22.0. The van der Waals surface area contributed by atoms with Crippen LogP contribution in [0.4, 0.5) is 0 Å². The lowest BCUT2D eigenvalue weighted by atomic mass is 10.0. The van der Waals surface area contributed by atoms with Crippen LogP contribution in [0.15, 0.2) is 93.9 Å². The Morgan fingerprint density at radius 2 is 1.48 bits per heavy atom. The average Bonchev–Trinajstić information content (AvgIpc) is 3.17. The topological polar surface area (TPSA) is 4.93 Å². The molecular weight excluding hydrogens is 534 g/mol. The molecule has 33 heavy (non-hydrogen) atoms. The van der Waals surface area contributed by atoms with Crippen LogP contribution in [-0.2, 0) is 6.42 Å². The molecule has 0 saturated heterocycles. The lowest BCUT2D eigenvalue weighted by Gasteiger charge is -2.11. The maximum atomic E-state index is 3.74. The van der Waals surface area contributed by atoms with Crippen LogP contribution in [0.25, 0.3) is 38.6 Å². The predicted octanol–water partition coefficient (Wildman–Crippen LogP) is 10.1. The normalized spacial score (nSPS) is 11.5. The number of hydrogen-bond acceptors (Lipinski definition) is 0. The van der Waals surface area contributed by atoms with Crippen LogP contribution in [0.5, 0.6) is 0 Å². The Hall–Kier alpha value is -2.36. The second-order valence-electron chi connectivity index (χ2n) is 8.69. The number of benzene rings is 4. The van der Waals surface area contributed by atoms with Crippen molar-refractivity contribution in [3.05, 3.63) is 99.4 Å². The van der Waals surface area contributed by atoms with Gasteiger partial charge in [-0.3, -0.25) is 0 Å². The molecule has 0 aliphatic carbocycles. The number of unbranched alkanes of at least 4 members (excludes halogenated alkanes) is 3. The SMILES string of the molecule is CCCCCCc1ccc(-n2c3ccccc3c3ccc(-c4cc(Br)ccc4Br)cc32)cc1. The lowest BCUT2D eigenvalue weighted by molar-refractivity contribution is 0.667. The summed E-state index contributed by atoms with van der Waals surface area (Å²) in [6, 6.07) is 31.0. The first-order valence-corrected chi connectivity index (χ1v) is 13.3. The van der Waals surface area contributed by atoms with Gasteiger partial charge in [-0.15, -0.1) is 0 Å². The van der Waals surface area contributed by atoms with E-state index in [4.69, 9.17) is 0 Å². The van der Waals surface area contributed by atoms with Crippen molar-refractivity contribution in [2.24, 2.45) is 0 Å². The van der Waals surface area contributed by atoms with E-state index in [2.05, 4.69) is 128 Å². The fourth-order valence-electron chi connectivity index (χ4n) is 4.70. The largest absolute Gasteiger partial charge is 0.309 e. The van der Waals surface area contributed by atoms with Crippen LogP contribution in [-0.4, -0.2) is 4.57 Å². The molecule has 5 rings (SSSR count). The van der Waals surface area contributed by atoms with Crippen LogP contribution < -0.4 is 0 Å². The molecule has 3 heteroatoms. The second kappa shape index (κ2) is 9.87. The number of fused-ring (bicyclic) bond motifs is 3. The van der Waals surface area contributed by atoms with E-state index in [0.717, 1.165) is 15.4 Å². The predicted molar refractivity (Wildman–Crippen MR) is 149 cm³/mol. The third-order valence-electron chi connectivity index (χ3n) is 6.43. The molecule has 4 aromatic carbocycles. The number of nitrogens with zero attached hydrogens (tertiary/aromatic N) is 1. The minimum Gasteiger partial charge on any atom is -0.309 e. The number of rotatable bonds is 7. The Labute approximate surface area is 212 Å². The van der Waals surface area contributed by atoms with Gasteiger partial charge in [0.2, 0.25) is 0 Å². The maximum absolute atomic E-state index is 3.74. The zero-order valence-electron chi connectivity index (χ0n) is 18.8. The van der Waals surface area contributed by atoms with Gasteiger partial charge in [0, 0.05) is 25.4 Å². The minimum absolute atomic E-state index is 1.08. The van der Waals surface area contributed by atoms with E-state index < -0.39 is 0 Å².